The lowest BCUT2D eigenvalue weighted by atomic mass is 10.1. The molecule has 0 aromatic rings. The summed E-state index contributed by atoms with van der Waals surface area (Å²) < 4.78 is 0. The predicted molar refractivity (Wildman–Crippen MR) is 68.6 cm³/mol. The fraction of sp³-hybridized carbons (Fsp3) is 0.923. The van der Waals surface area contributed by atoms with Gasteiger partial charge in [0.05, 0.1) is 0 Å². The average molecular weight is 239 g/mol. The molecule has 0 unspecified atom stereocenters. The summed E-state index contributed by atoms with van der Waals surface area (Å²) in [6.07, 6.45) is 3.29. The Labute approximate surface area is 104 Å². The number of rotatable bonds is 3. The first-order valence-electron chi connectivity index (χ1n) is 6.76. The van der Waals surface area contributed by atoms with Crippen molar-refractivity contribution in [1.29, 1.82) is 0 Å². The zero-order valence-electron chi connectivity index (χ0n) is 11.1. The Hall–Kier alpha value is -0.610. The van der Waals surface area contributed by atoms with Gasteiger partial charge in [0.25, 0.3) is 0 Å². The molecule has 1 amide bonds. The maximum atomic E-state index is 12.0. The van der Waals surface area contributed by atoms with Crippen molar-refractivity contribution in [3.05, 3.63) is 0 Å². The second-order valence-electron chi connectivity index (χ2n) is 6.22. The molecule has 4 heteroatoms. The van der Waals surface area contributed by atoms with E-state index in [1.807, 2.05) is 0 Å². The molecule has 0 spiro atoms. The molecule has 0 radical (unpaired) electrons. The lowest BCUT2D eigenvalue weighted by Crippen LogP contribution is -2.46. The Morgan fingerprint density at radius 3 is 2.53 bits per heavy atom. The topological polar surface area (TPSA) is 49.6 Å². The van der Waals surface area contributed by atoms with E-state index in [0.717, 1.165) is 52.0 Å². The summed E-state index contributed by atoms with van der Waals surface area (Å²) in [6, 6.07) is 0. The van der Waals surface area contributed by atoms with Gasteiger partial charge in [0.15, 0.2) is 0 Å². The van der Waals surface area contributed by atoms with Gasteiger partial charge in [0.1, 0.15) is 0 Å². The molecule has 2 rings (SSSR count). The predicted octanol–water partition coefficient (Wildman–Crippen LogP) is 0.668. The third kappa shape index (κ3) is 3.96. The molecule has 0 aromatic heterocycles. The molecule has 4 nitrogen and oxygen atoms in total. The van der Waals surface area contributed by atoms with E-state index < -0.39 is 0 Å². The molecular formula is C13H25N3O. The van der Waals surface area contributed by atoms with Gasteiger partial charge in [-0.25, -0.2) is 0 Å². The summed E-state index contributed by atoms with van der Waals surface area (Å²) in [7, 11) is 0. The normalized spacial score (nSPS) is 23.6. The standard InChI is InChI=1S/C13H25N3O/c1-13(2,14)10-15-6-3-7-16(9-8-15)12(17)11-4-5-11/h11H,3-10,14H2,1-2H3. The number of hydrogen-bond acceptors (Lipinski definition) is 3. The van der Waals surface area contributed by atoms with Crippen LogP contribution >= 0.6 is 0 Å². The molecule has 1 aliphatic carbocycles. The van der Waals surface area contributed by atoms with Crippen LogP contribution in [0, 0.1) is 5.92 Å². The van der Waals surface area contributed by atoms with E-state index in [1.165, 1.54) is 0 Å². The smallest absolute Gasteiger partial charge is 0.225 e. The van der Waals surface area contributed by atoms with Crippen LogP contribution in [0.5, 0.6) is 0 Å². The molecule has 1 saturated heterocycles. The van der Waals surface area contributed by atoms with Crippen LogP contribution in [-0.4, -0.2) is 54.0 Å². The van der Waals surface area contributed by atoms with Crippen molar-refractivity contribution in [2.24, 2.45) is 11.7 Å². The monoisotopic (exact) mass is 239 g/mol. The van der Waals surface area contributed by atoms with Crippen LogP contribution < -0.4 is 5.73 Å². The van der Waals surface area contributed by atoms with Crippen LogP contribution in [0.4, 0.5) is 0 Å². The number of amides is 1. The number of nitrogens with two attached hydrogens (primary N) is 1. The fourth-order valence-electron chi connectivity index (χ4n) is 2.51. The summed E-state index contributed by atoms with van der Waals surface area (Å²) in [5.74, 6) is 0.742. The number of nitrogens with zero attached hydrogens (tertiary/aromatic N) is 2. The maximum absolute atomic E-state index is 12.0. The third-order valence-electron chi connectivity index (χ3n) is 3.46. The highest BCUT2D eigenvalue weighted by molar-refractivity contribution is 5.81. The van der Waals surface area contributed by atoms with Crippen LogP contribution in [0.1, 0.15) is 33.1 Å². The van der Waals surface area contributed by atoms with Crippen molar-refractivity contribution >= 4 is 5.91 Å². The van der Waals surface area contributed by atoms with Gasteiger partial charge < -0.3 is 10.6 Å². The van der Waals surface area contributed by atoms with E-state index in [9.17, 15) is 4.79 Å². The van der Waals surface area contributed by atoms with Crippen molar-refractivity contribution in [1.82, 2.24) is 9.80 Å². The molecule has 2 fully saturated rings. The van der Waals surface area contributed by atoms with Gasteiger partial charge in [-0.2, -0.15) is 0 Å². The van der Waals surface area contributed by atoms with Crippen LogP contribution in [-0.2, 0) is 4.79 Å². The number of carbonyl (C=O) groups is 1. The summed E-state index contributed by atoms with van der Waals surface area (Å²) >= 11 is 0. The van der Waals surface area contributed by atoms with E-state index in [4.69, 9.17) is 5.73 Å². The first kappa shape index (κ1) is 12.8. The van der Waals surface area contributed by atoms with Gasteiger partial charge in [-0.1, -0.05) is 0 Å². The van der Waals surface area contributed by atoms with Crippen LogP contribution in [0.15, 0.2) is 0 Å². The second-order valence-corrected chi connectivity index (χ2v) is 6.22. The van der Waals surface area contributed by atoms with E-state index in [1.54, 1.807) is 0 Å². The van der Waals surface area contributed by atoms with Crippen LogP contribution in [0.25, 0.3) is 0 Å². The Morgan fingerprint density at radius 1 is 1.24 bits per heavy atom. The van der Waals surface area contributed by atoms with Gasteiger partial charge in [-0.3, -0.25) is 9.69 Å². The lowest BCUT2D eigenvalue weighted by Gasteiger charge is -2.28. The molecule has 2 aliphatic rings. The van der Waals surface area contributed by atoms with Crippen molar-refractivity contribution in [2.75, 3.05) is 32.7 Å². The highest BCUT2D eigenvalue weighted by Gasteiger charge is 2.34. The van der Waals surface area contributed by atoms with Crippen molar-refractivity contribution in [3.63, 3.8) is 0 Å². The molecule has 98 valence electrons. The number of carbonyl (C=O) groups excluding carboxylic acids is 1. The zero-order chi connectivity index (χ0) is 12.5. The molecule has 2 N–H and O–H groups in total. The largest absolute Gasteiger partial charge is 0.341 e. The molecule has 0 bridgehead atoms. The van der Waals surface area contributed by atoms with Crippen molar-refractivity contribution < 1.29 is 4.79 Å². The van der Waals surface area contributed by atoms with Crippen LogP contribution in [0.3, 0.4) is 0 Å². The average Bonchev–Trinajstić information content (AvgIpc) is 3.01. The molecule has 1 saturated carbocycles. The minimum absolute atomic E-state index is 0.143. The molecule has 17 heavy (non-hydrogen) atoms. The SMILES string of the molecule is CC(C)(N)CN1CCCN(C(=O)C2CC2)CC1. The minimum atomic E-state index is -0.143. The van der Waals surface area contributed by atoms with Gasteiger partial charge in [0, 0.05) is 37.6 Å². The highest BCUT2D eigenvalue weighted by atomic mass is 16.2. The van der Waals surface area contributed by atoms with Gasteiger partial charge in [0.2, 0.25) is 5.91 Å². The third-order valence-corrected chi connectivity index (χ3v) is 3.46. The zero-order valence-corrected chi connectivity index (χ0v) is 11.1. The molecule has 0 aromatic carbocycles. The van der Waals surface area contributed by atoms with E-state index in [0.29, 0.717) is 11.8 Å². The Kier molecular flexibility index (Phi) is 3.73. The Bertz CT molecular complexity index is 281. The molecular weight excluding hydrogens is 214 g/mol. The van der Waals surface area contributed by atoms with Crippen molar-refractivity contribution in [2.45, 2.75) is 38.6 Å². The van der Waals surface area contributed by atoms with E-state index in [2.05, 4.69) is 23.6 Å². The summed E-state index contributed by atoms with van der Waals surface area (Å²) in [4.78, 5) is 16.4. The molecule has 1 aliphatic heterocycles. The van der Waals surface area contributed by atoms with Gasteiger partial charge in [-0.15, -0.1) is 0 Å². The quantitative estimate of drug-likeness (QED) is 0.787. The fourth-order valence-corrected chi connectivity index (χ4v) is 2.51. The second kappa shape index (κ2) is 4.94. The van der Waals surface area contributed by atoms with Gasteiger partial charge in [-0.05, 0) is 39.7 Å². The summed E-state index contributed by atoms with van der Waals surface area (Å²) in [5, 5.41) is 0. The highest BCUT2D eigenvalue weighted by Crippen LogP contribution is 2.31. The van der Waals surface area contributed by atoms with Gasteiger partial charge >= 0.3 is 0 Å². The lowest BCUT2D eigenvalue weighted by molar-refractivity contribution is -0.132. The Morgan fingerprint density at radius 2 is 1.94 bits per heavy atom. The Balaban J connectivity index is 1.82. The first-order valence-corrected chi connectivity index (χ1v) is 6.76. The summed E-state index contributed by atoms with van der Waals surface area (Å²) in [5.41, 5.74) is 5.90. The van der Waals surface area contributed by atoms with E-state index >= 15 is 0 Å². The number of hydrogen-bond donors (Lipinski definition) is 1. The van der Waals surface area contributed by atoms with E-state index in [-0.39, 0.29) is 5.54 Å². The van der Waals surface area contributed by atoms with Crippen molar-refractivity contribution in [3.8, 4) is 0 Å². The first-order chi connectivity index (χ1) is 7.96. The molecule has 0 atom stereocenters. The van der Waals surface area contributed by atoms with Crippen LogP contribution in [0.2, 0.25) is 0 Å². The minimum Gasteiger partial charge on any atom is -0.341 e. The maximum Gasteiger partial charge on any atom is 0.225 e. The molecule has 1 heterocycles. The summed E-state index contributed by atoms with van der Waals surface area (Å²) in [6.45, 7) is 8.88.